The van der Waals surface area contributed by atoms with Gasteiger partial charge in [-0.3, -0.25) is 0 Å². The van der Waals surface area contributed by atoms with Crippen molar-refractivity contribution in [3.63, 3.8) is 0 Å². The lowest BCUT2D eigenvalue weighted by molar-refractivity contribution is -0.137. The van der Waals surface area contributed by atoms with Gasteiger partial charge in [0, 0.05) is 88.8 Å². The van der Waals surface area contributed by atoms with E-state index in [0.717, 1.165) is 155 Å². The van der Waals surface area contributed by atoms with Gasteiger partial charge < -0.3 is 24.5 Å². The van der Waals surface area contributed by atoms with Gasteiger partial charge in [-0.1, -0.05) is 333 Å². The summed E-state index contributed by atoms with van der Waals surface area (Å²) in [5.41, 5.74) is 27.2. The standard InChI is InChI=1S/C103H68B2F3N5S/c106-103(107,108)83-54-34-53-82(73-43-16-5-17-44-73)102(83)113-94-68-98-87(105-85-56-27-33-62-93(85)112(91-60-31-25-52-81(91)72-41-14-4-15-42-72)97-65-77(66-99(114-98)101(97)105)110(75-47-20-7-21-48-75)89-58-29-23-50-79(89)70-37-10-2-11-38-70)67-86(94)104-84-55-26-32-61-92(84)111(90-59-30-24-51-80(90)71-39-12-3-13-40-71)95-63-76(64-96(113)100(95)104)109(74-45-18-6-19-46-74)88-57-28-22-49-78(88)69-35-8-1-9-36-69/h1-68H. The molecule has 0 N–H and O–H groups in total. The molecule has 17 aromatic rings. The van der Waals surface area contributed by atoms with Crippen molar-refractivity contribution in [1.82, 2.24) is 0 Å². The van der Waals surface area contributed by atoms with Crippen LogP contribution in [0.25, 0.3) is 55.6 Å². The summed E-state index contributed by atoms with van der Waals surface area (Å²) in [5.74, 6) is 0. The van der Waals surface area contributed by atoms with E-state index in [9.17, 15) is 0 Å². The van der Waals surface area contributed by atoms with Crippen molar-refractivity contribution in [3.05, 3.63) is 418 Å². The van der Waals surface area contributed by atoms with Crippen molar-refractivity contribution in [2.75, 3.05) is 24.5 Å². The topological polar surface area (TPSA) is 16.2 Å². The fourth-order valence-corrected chi connectivity index (χ4v) is 19.3. The van der Waals surface area contributed by atoms with Crippen molar-refractivity contribution in [3.8, 4) is 55.6 Å². The molecule has 0 aliphatic carbocycles. The molecule has 0 amide bonds. The lowest BCUT2D eigenvalue weighted by Crippen LogP contribution is -2.64. The Bertz CT molecular complexity index is 6560. The first-order valence-corrected chi connectivity index (χ1v) is 39.4. The third kappa shape index (κ3) is 11.4. The zero-order valence-corrected chi connectivity index (χ0v) is 62.5. The van der Waals surface area contributed by atoms with Gasteiger partial charge in [-0.15, -0.1) is 0 Å². The third-order valence-corrected chi connectivity index (χ3v) is 24.0. The van der Waals surface area contributed by atoms with Crippen LogP contribution in [0, 0.1) is 0 Å². The predicted octanol–water partition coefficient (Wildman–Crippen LogP) is 24.8. The maximum absolute atomic E-state index is 17.4. The van der Waals surface area contributed by atoms with Crippen LogP contribution in [-0.4, -0.2) is 13.4 Å². The zero-order valence-electron chi connectivity index (χ0n) is 61.7. The second-order valence-electron chi connectivity index (χ2n) is 29.3. The van der Waals surface area contributed by atoms with Crippen molar-refractivity contribution in [2.24, 2.45) is 0 Å². The van der Waals surface area contributed by atoms with Gasteiger partial charge in [-0.25, -0.2) is 0 Å². The zero-order chi connectivity index (χ0) is 76.0. The lowest BCUT2D eigenvalue weighted by atomic mass is 9.31. The quantitative estimate of drug-likeness (QED) is 0.100. The van der Waals surface area contributed by atoms with Gasteiger partial charge in [0.15, 0.2) is 0 Å². The van der Waals surface area contributed by atoms with Gasteiger partial charge in [-0.2, -0.15) is 13.2 Å². The molecule has 4 heterocycles. The van der Waals surface area contributed by atoms with E-state index in [0.29, 0.717) is 22.5 Å². The summed E-state index contributed by atoms with van der Waals surface area (Å²) in [6, 6.07) is 143. The van der Waals surface area contributed by atoms with Gasteiger partial charge in [-0.05, 0) is 152 Å². The molecular formula is C103H68B2F3N5S. The lowest BCUT2D eigenvalue weighted by Gasteiger charge is -2.47. The SMILES string of the molecule is FC(F)(F)c1cccc(-c2ccccc2)c1N1c2cc3c(cc2B2c4ccccc4N(c4ccccc4-c4ccccc4)c4cc(N(c5ccccc5)c5ccccc5-c5ccccc5)cc1c42)B1c2ccccc2N(c2ccccc2-c2ccccc2)c2cc(N(c4ccccc4)c4ccccc4-c4ccccc4)cc(c21)S3. The van der Waals surface area contributed by atoms with Crippen LogP contribution in [0.2, 0.25) is 0 Å². The molecule has 538 valence electrons. The minimum Gasteiger partial charge on any atom is -0.311 e. The number of rotatable bonds is 14. The summed E-state index contributed by atoms with van der Waals surface area (Å²) in [6.45, 7) is -0.915. The van der Waals surface area contributed by atoms with Crippen LogP contribution < -0.4 is 57.3 Å². The molecule has 0 spiro atoms. The number of hydrogen-bond donors (Lipinski definition) is 0. The Kier molecular flexibility index (Phi) is 16.8. The summed E-state index contributed by atoms with van der Waals surface area (Å²) in [7, 11) is 0. The van der Waals surface area contributed by atoms with Crippen LogP contribution in [0.3, 0.4) is 0 Å². The summed E-state index contributed by atoms with van der Waals surface area (Å²) in [6.07, 6.45) is -4.85. The highest BCUT2D eigenvalue weighted by molar-refractivity contribution is 8.00. The maximum Gasteiger partial charge on any atom is 0.418 e. The van der Waals surface area contributed by atoms with Crippen LogP contribution in [0.15, 0.2) is 422 Å². The minimum atomic E-state index is -4.85. The van der Waals surface area contributed by atoms with Crippen molar-refractivity contribution in [2.45, 2.75) is 16.0 Å². The number of hydrogen-bond acceptors (Lipinski definition) is 6. The Labute approximate surface area is 666 Å². The molecule has 11 heteroatoms. The average molecular weight is 1490 g/mol. The van der Waals surface area contributed by atoms with E-state index in [1.54, 1.807) is 17.8 Å². The smallest absolute Gasteiger partial charge is 0.311 e. The molecule has 0 unspecified atom stereocenters. The number of anilines is 15. The van der Waals surface area contributed by atoms with E-state index < -0.39 is 18.5 Å². The molecule has 4 aliphatic rings. The number of fused-ring (bicyclic) bond motifs is 8. The second-order valence-corrected chi connectivity index (χ2v) is 30.3. The minimum absolute atomic E-state index is 0.0262. The van der Waals surface area contributed by atoms with E-state index in [1.807, 2.05) is 59.5 Å². The summed E-state index contributed by atoms with van der Waals surface area (Å²) < 4.78 is 52.3. The van der Waals surface area contributed by atoms with Crippen molar-refractivity contribution < 1.29 is 13.2 Å². The van der Waals surface area contributed by atoms with Crippen LogP contribution in [0.4, 0.5) is 98.5 Å². The summed E-state index contributed by atoms with van der Waals surface area (Å²) in [5, 5.41) is 0. The van der Waals surface area contributed by atoms with Gasteiger partial charge in [0.25, 0.3) is 6.71 Å². The molecule has 0 fully saturated rings. The Morgan fingerprint density at radius 2 is 0.588 bits per heavy atom. The number of nitrogens with zero attached hydrogens (tertiary/aromatic N) is 5. The molecule has 0 aromatic heterocycles. The Morgan fingerprint density at radius 1 is 0.237 bits per heavy atom. The number of halogens is 3. The van der Waals surface area contributed by atoms with E-state index in [1.165, 1.54) is 6.07 Å². The highest BCUT2D eigenvalue weighted by Crippen LogP contribution is 2.57. The molecule has 0 radical (unpaired) electrons. The number of benzene rings is 17. The molecule has 4 aliphatic heterocycles. The van der Waals surface area contributed by atoms with Crippen LogP contribution in [0.1, 0.15) is 5.56 Å². The molecule has 0 saturated carbocycles. The third-order valence-electron chi connectivity index (χ3n) is 22.9. The van der Waals surface area contributed by atoms with Gasteiger partial charge >= 0.3 is 6.18 Å². The monoisotopic (exact) mass is 1490 g/mol. The Hall–Kier alpha value is -14.0. The van der Waals surface area contributed by atoms with E-state index in [2.05, 4.69) is 365 Å². The van der Waals surface area contributed by atoms with Crippen LogP contribution in [0.5, 0.6) is 0 Å². The number of alkyl halides is 3. The molecule has 21 rings (SSSR count). The van der Waals surface area contributed by atoms with Crippen molar-refractivity contribution in [1.29, 1.82) is 0 Å². The molecule has 0 saturated heterocycles. The molecule has 17 aromatic carbocycles. The maximum atomic E-state index is 17.4. The Balaban J connectivity index is 0.890. The normalized spacial score (nSPS) is 12.7. The van der Waals surface area contributed by atoms with Gasteiger partial charge in [0.05, 0.1) is 39.7 Å². The van der Waals surface area contributed by atoms with Crippen LogP contribution in [-0.2, 0) is 6.18 Å². The first-order chi connectivity index (χ1) is 56.3. The van der Waals surface area contributed by atoms with Gasteiger partial charge in [0.1, 0.15) is 0 Å². The molecule has 5 nitrogen and oxygen atoms in total. The molecule has 114 heavy (non-hydrogen) atoms. The Morgan fingerprint density at radius 3 is 1.05 bits per heavy atom. The van der Waals surface area contributed by atoms with Crippen molar-refractivity contribution >= 4 is 143 Å². The average Bonchev–Trinajstić information content (AvgIpc) is 0.715. The largest absolute Gasteiger partial charge is 0.418 e. The highest BCUT2D eigenvalue weighted by Gasteiger charge is 2.50. The predicted molar refractivity (Wildman–Crippen MR) is 472 cm³/mol. The molecule has 0 bridgehead atoms. The molecular weight excluding hydrogens is 1420 g/mol. The van der Waals surface area contributed by atoms with E-state index in [4.69, 9.17) is 0 Å². The second kappa shape index (κ2) is 28.1. The molecule has 0 atom stereocenters. The fourth-order valence-electron chi connectivity index (χ4n) is 18.1. The first kappa shape index (κ1) is 68.1. The van der Waals surface area contributed by atoms with E-state index >= 15 is 13.2 Å². The first-order valence-electron chi connectivity index (χ1n) is 38.6. The fraction of sp³-hybridized carbons (Fsp3) is 0.00971. The van der Waals surface area contributed by atoms with Crippen LogP contribution >= 0.6 is 11.8 Å². The van der Waals surface area contributed by atoms with Gasteiger partial charge in [0.2, 0.25) is 6.71 Å². The number of para-hydroxylation sites is 9. The highest BCUT2D eigenvalue weighted by atomic mass is 32.2. The summed E-state index contributed by atoms with van der Waals surface area (Å²) >= 11 is 1.70. The summed E-state index contributed by atoms with van der Waals surface area (Å²) in [4.78, 5) is 13.5. The van der Waals surface area contributed by atoms with E-state index in [-0.39, 0.29) is 12.4 Å².